The Hall–Kier alpha value is -2.36. The van der Waals surface area contributed by atoms with E-state index < -0.39 is 0 Å². The predicted molar refractivity (Wildman–Crippen MR) is 68.5 cm³/mol. The highest BCUT2D eigenvalue weighted by Gasteiger charge is 2.22. The first-order chi connectivity index (χ1) is 8.42. The van der Waals surface area contributed by atoms with Crippen LogP contribution in [0.5, 0.6) is 0 Å². The molecule has 0 atom stereocenters. The quantitative estimate of drug-likeness (QED) is 0.672. The topological polar surface area (TPSA) is 50.0 Å². The molecule has 1 aromatic carbocycles. The van der Waals surface area contributed by atoms with Gasteiger partial charge in [-0.2, -0.15) is 0 Å². The molecule has 80 valence electrons. The van der Waals surface area contributed by atoms with Crippen LogP contribution in [0, 0.1) is 0 Å². The lowest BCUT2D eigenvalue weighted by Crippen LogP contribution is -2.15. The average Bonchev–Trinajstić information content (AvgIpc) is 2.83. The van der Waals surface area contributed by atoms with E-state index in [2.05, 4.69) is 32.1 Å². The molecule has 0 fully saturated rings. The molecule has 3 heterocycles. The number of nitrogens with zero attached hydrogens (tertiary/aromatic N) is 4. The van der Waals surface area contributed by atoms with Crippen LogP contribution in [0.3, 0.4) is 0 Å². The summed E-state index contributed by atoms with van der Waals surface area (Å²) in [4.78, 5) is 17.3. The molecule has 4 rings (SSSR count). The molecule has 2 aliphatic rings. The van der Waals surface area contributed by atoms with Gasteiger partial charge in [0.25, 0.3) is 0 Å². The van der Waals surface area contributed by atoms with Gasteiger partial charge < -0.3 is 0 Å². The Kier molecular flexibility index (Phi) is 1.58. The lowest BCUT2D eigenvalue weighted by atomic mass is 10.0. The zero-order valence-electron chi connectivity index (χ0n) is 8.96. The maximum atomic E-state index is 4.56. The van der Waals surface area contributed by atoms with E-state index in [4.69, 9.17) is 0 Å². The summed E-state index contributed by atoms with van der Waals surface area (Å²) in [6.07, 6.45) is 4.15. The van der Waals surface area contributed by atoms with Gasteiger partial charge in [0.2, 0.25) is 0 Å². The first-order valence-electron chi connectivity index (χ1n) is 5.47. The molecule has 2 aromatic rings. The van der Waals surface area contributed by atoms with Crippen LogP contribution in [0.25, 0.3) is 10.9 Å². The predicted octanol–water partition coefficient (Wildman–Crippen LogP) is 2.30. The second-order valence-corrected chi connectivity index (χ2v) is 4.08. The Labute approximate surface area is 97.5 Å². The van der Waals surface area contributed by atoms with Crippen molar-refractivity contribution in [1.29, 1.82) is 0 Å². The van der Waals surface area contributed by atoms with E-state index in [1.165, 1.54) is 5.56 Å². The Morgan fingerprint density at radius 3 is 3.12 bits per heavy atom. The van der Waals surface area contributed by atoms with Crippen molar-refractivity contribution in [2.24, 2.45) is 15.0 Å². The van der Waals surface area contributed by atoms with Crippen LogP contribution in [-0.2, 0) is 6.42 Å². The van der Waals surface area contributed by atoms with Gasteiger partial charge in [0.05, 0.1) is 16.9 Å². The summed E-state index contributed by atoms with van der Waals surface area (Å²) >= 11 is 0. The maximum Gasteiger partial charge on any atom is 0.176 e. The number of benzene rings is 1. The van der Waals surface area contributed by atoms with Crippen molar-refractivity contribution in [2.75, 3.05) is 0 Å². The van der Waals surface area contributed by atoms with E-state index in [1.54, 1.807) is 12.5 Å². The molecule has 0 N–H and O–H groups in total. The molecule has 0 saturated carbocycles. The highest BCUT2D eigenvalue weighted by molar-refractivity contribution is 6.48. The van der Waals surface area contributed by atoms with Crippen LogP contribution in [0.1, 0.15) is 5.56 Å². The second-order valence-electron chi connectivity index (χ2n) is 4.08. The molecule has 0 radical (unpaired) electrons. The molecule has 1 aromatic heterocycles. The Bertz CT molecular complexity index is 725. The summed E-state index contributed by atoms with van der Waals surface area (Å²) in [5.74, 6) is 0.732. The van der Waals surface area contributed by atoms with Crippen LogP contribution in [-0.4, -0.2) is 22.9 Å². The molecule has 4 heteroatoms. The molecule has 17 heavy (non-hydrogen) atoms. The molecule has 0 saturated heterocycles. The Morgan fingerprint density at radius 2 is 2.12 bits per heavy atom. The molecule has 4 nitrogen and oxygen atoms in total. The average molecular weight is 220 g/mol. The fourth-order valence-electron chi connectivity index (χ4n) is 2.23. The highest BCUT2D eigenvalue weighted by atomic mass is 15.0. The normalized spacial score (nSPS) is 16.5. The van der Waals surface area contributed by atoms with Gasteiger partial charge in [-0.15, -0.1) is 0 Å². The molecule has 0 spiro atoms. The van der Waals surface area contributed by atoms with Crippen molar-refractivity contribution in [3.05, 3.63) is 36.0 Å². The second kappa shape index (κ2) is 3.07. The third-order valence-electron chi connectivity index (χ3n) is 3.06. The Morgan fingerprint density at radius 1 is 1.12 bits per heavy atom. The van der Waals surface area contributed by atoms with E-state index in [-0.39, 0.29) is 0 Å². The number of pyridine rings is 1. The van der Waals surface area contributed by atoms with Crippen LogP contribution in [0.2, 0.25) is 0 Å². The summed E-state index contributed by atoms with van der Waals surface area (Å²) in [5.41, 5.74) is 4.01. The van der Waals surface area contributed by atoms with Gasteiger partial charge >= 0.3 is 0 Å². The van der Waals surface area contributed by atoms with Crippen LogP contribution < -0.4 is 0 Å². The zero-order valence-corrected chi connectivity index (χ0v) is 8.96. The van der Waals surface area contributed by atoms with Crippen molar-refractivity contribution in [3.8, 4) is 0 Å². The molecule has 2 aliphatic heterocycles. The van der Waals surface area contributed by atoms with E-state index >= 15 is 0 Å². The third-order valence-corrected chi connectivity index (χ3v) is 3.06. The highest BCUT2D eigenvalue weighted by Crippen LogP contribution is 2.32. The minimum atomic E-state index is 0.732. The van der Waals surface area contributed by atoms with E-state index in [0.717, 1.165) is 34.6 Å². The summed E-state index contributed by atoms with van der Waals surface area (Å²) in [7, 11) is 0. The number of fused-ring (bicyclic) bond motifs is 4. The van der Waals surface area contributed by atoms with Crippen molar-refractivity contribution in [2.45, 2.75) is 6.42 Å². The number of hydrogen-bond acceptors (Lipinski definition) is 4. The largest absolute Gasteiger partial charge is 0.254 e. The lowest BCUT2D eigenvalue weighted by molar-refractivity contribution is 1.27. The van der Waals surface area contributed by atoms with Gasteiger partial charge in [-0.3, -0.25) is 4.98 Å². The first-order valence-corrected chi connectivity index (χ1v) is 5.47. The van der Waals surface area contributed by atoms with Gasteiger partial charge in [0.15, 0.2) is 5.84 Å². The molecular weight excluding hydrogens is 212 g/mol. The standard InChI is InChI=1S/C13H8N4/c1-2-8-3-4-9-6-10-13(16-7-15-10)17-12(9)11(8)14-5-1/h1-5,7H,6H2. The minimum absolute atomic E-state index is 0.732. The van der Waals surface area contributed by atoms with Gasteiger partial charge in [0.1, 0.15) is 6.34 Å². The van der Waals surface area contributed by atoms with Crippen molar-refractivity contribution in [1.82, 2.24) is 4.98 Å². The number of aromatic nitrogens is 1. The number of hydrogen-bond donors (Lipinski definition) is 0. The minimum Gasteiger partial charge on any atom is -0.254 e. The van der Waals surface area contributed by atoms with E-state index in [1.807, 2.05) is 12.1 Å². The van der Waals surface area contributed by atoms with Crippen molar-refractivity contribution >= 4 is 34.5 Å². The van der Waals surface area contributed by atoms with Gasteiger partial charge in [0, 0.05) is 18.0 Å². The fraction of sp³-hybridized carbons (Fsp3) is 0.0769. The maximum absolute atomic E-state index is 4.56. The van der Waals surface area contributed by atoms with E-state index in [0.29, 0.717) is 0 Å². The van der Waals surface area contributed by atoms with Gasteiger partial charge in [-0.05, 0) is 11.6 Å². The monoisotopic (exact) mass is 220 g/mol. The summed E-state index contributed by atoms with van der Waals surface area (Å²) in [6.45, 7) is 0. The SMILES string of the molecule is C1=NC2=Nc3c(ccc4cccnc34)CC2=N1. The van der Waals surface area contributed by atoms with Crippen molar-refractivity contribution < 1.29 is 0 Å². The molecule has 0 amide bonds. The number of aliphatic imine (C=N–C) groups is 3. The Balaban J connectivity index is 2.08. The fourth-order valence-corrected chi connectivity index (χ4v) is 2.23. The summed E-state index contributed by atoms with van der Waals surface area (Å²) in [5, 5.41) is 1.11. The van der Waals surface area contributed by atoms with Crippen LogP contribution in [0.15, 0.2) is 45.4 Å². The number of amidine groups is 1. The molecule has 0 bridgehead atoms. The number of rotatable bonds is 0. The van der Waals surface area contributed by atoms with Crippen LogP contribution in [0.4, 0.5) is 5.69 Å². The molecule has 0 aliphatic carbocycles. The third kappa shape index (κ3) is 1.18. The van der Waals surface area contributed by atoms with Gasteiger partial charge in [-0.1, -0.05) is 18.2 Å². The van der Waals surface area contributed by atoms with Crippen molar-refractivity contribution in [3.63, 3.8) is 0 Å². The summed E-state index contributed by atoms with van der Waals surface area (Å²) < 4.78 is 0. The summed E-state index contributed by atoms with van der Waals surface area (Å²) in [6, 6.07) is 8.16. The first kappa shape index (κ1) is 8.75. The molecule has 0 unspecified atom stereocenters. The lowest BCUT2D eigenvalue weighted by Gasteiger charge is -2.13. The smallest absolute Gasteiger partial charge is 0.176 e. The molecular formula is C13H8N4. The van der Waals surface area contributed by atoms with Gasteiger partial charge in [-0.25, -0.2) is 15.0 Å². The van der Waals surface area contributed by atoms with E-state index in [9.17, 15) is 0 Å². The van der Waals surface area contributed by atoms with Crippen LogP contribution >= 0.6 is 0 Å². The zero-order chi connectivity index (χ0) is 11.2.